The van der Waals surface area contributed by atoms with E-state index in [1.54, 1.807) is 6.92 Å². The van der Waals surface area contributed by atoms with Crippen molar-refractivity contribution in [3.63, 3.8) is 0 Å². The molecule has 1 heterocycles. The maximum atomic E-state index is 9.54. The Morgan fingerprint density at radius 3 is 2.25 bits per heavy atom. The second kappa shape index (κ2) is 5.87. The molecule has 1 rings (SSSR count). The van der Waals surface area contributed by atoms with Crippen LogP contribution < -0.4 is 0 Å². The fourth-order valence-electron chi connectivity index (χ4n) is 1.45. The summed E-state index contributed by atoms with van der Waals surface area (Å²) in [5.41, 5.74) is 0. The highest BCUT2D eigenvalue weighted by Crippen LogP contribution is 2.22. The van der Waals surface area contributed by atoms with Crippen LogP contribution in [0.4, 0.5) is 0 Å². The predicted molar refractivity (Wildman–Crippen MR) is 51.4 cm³/mol. The van der Waals surface area contributed by atoms with Crippen LogP contribution in [0.3, 0.4) is 0 Å². The maximum absolute atomic E-state index is 9.54. The van der Waals surface area contributed by atoms with Gasteiger partial charge in [0, 0.05) is 0 Å². The number of hydrogen-bond acceptors (Lipinski definition) is 7. The van der Waals surface area contributed by atoms with Crippen molar-refractivity contribution in [3.8, 4) is 0 Å². The summed E-state index contributed by atoms with van der Waals surface area (Å²) >= 11 is 0. The second-order valence-corrected chi connectivity index (χ2v) is 3.83. The largest absolute Gasteiger partial charge is 0.394 e. The minimum absolute atomic E-state index is 0.269. The lowest BCUT2D eigenvalue weighted by atomic mass is 9.99. The van der Waals surface area contributed by atoms with Crippen molar-refractivity contribution in [2.75, 3.05) is 13.2 Å². The standard InChI is InChI=1S/C9H18O7/c1-4(2-10)15-9-8(14)7(13)6(12)5(3-11)16-9/h4-14H,2-3H2,1H3/t4?,5?,6-,7+,8?,9?/m1/s1. The van der Waals surface area contributed by atoms with E-state index in [1.165, 1.54) is 0 Å². The second-order valence-electron chi connectivity index (χ2n) is 3.83. The molecule has 7 heteroatoms. The quantitative estimate of drug-likeness (QED) is 0.358. The summed E-state index contributed by atoms with van der Waals surface area (Å²) in [5, 5.41) is 46.1. The van der Waals surface area contributed by atoms with Gasteiger partial charge in [-0.1, -0.05) is 0 Å². The van der Waals surface area contributed by atoms with Gasteiger partial charge in [-0.3, -0.25) is 0 Å². The molecule has 4 unspecified atom stereocenters. The zero-order valence-corrected chi connectivity index (χ0v) is 8.93. The third-order valence-electron chi connectivity index (χ3n) is 2.47. The molecular formula is C9H18O7. The predicted octanol–water partition coefficient (Wildman–Crippen LogP) is -2.82. The molecule has 0 spiro atoms. The van der Waals surface area contributed by atoms with Gasteiger partial charge in [0.15, 0.2) is 6.29 Å². The monoisotopic (exact) mass is 238 g/mol. The fourth-order valence-corrected chi connectivity index (χ4v) is 1.45. The fraction of sp³-hybridized carbons (Fsp3) is 1.00. The molecule has 1 aliphatic rings. The minimum Gasteiger partial charge on any atom is -0.394 e. The molecule has 6 atom stereocenters. The molecule has 0 aliphatic carbocycles. The smallest absolute Gasteiger partial charge is 0.187 e. The minimum atomic E-state index is -1.46. The van der Waals surface area contributed by atoms with Gasteiger partial charge in [-0.25, -0.2) is 0 Å². The highest BCUT2D eigenvalue weighted by molar-refractivity contribution is 4.89. The van der Waals surface area contributed by atoms with Crippen LogP contribution >= 0.6 is 0 Å². The summed E-state index contributed by atoms with van der Waals surface area (Å²) in [6, 6.07) is 0. The molecule has 1 fully saturated rings. The molecule has 0 amide bonds. The third-order valence-corrected chi connectivity index (χ3v) is 2.47. The third kappa shape index (κ3) is 2.89. The van der Waals surface area contributed by atoms with Crippen molar-refractivity contribution >= 4 is 0 Å². The van der Waals surface area contributed by atoms with Crippen LogP contribution in [0.1, 0.15) is 6.92 Å². The Balaban J connectivity index is 2.63. The van der Waals surface area contributed by atoms with Gasteiger partial charge in [0.25, 0.3) is 0 Å². The SMILES string of the molecule is CC(CO)OC1OC(CO)[C@@H](O)[C@H](O)C1O. The van der Waals surface area contributed by atoms with Gasteiger partial charge in [-0.05, 0) is 6.92 Å². The van der Waals surface area contributed by atoms with Crippen molar-refractivity contribution in [2.45, 2.75) is 43.7 Å². The topological polar surface area (TPSA) is 120 Å². The summed E-state index contributed by atoms with van der Waals surface area (Å²) in [4.78, 5) is 0. The van der Waals surface area contributed by atoms with Crippen molar-refractivity contribution < 1.29 is 35.0 Å². The van der Waals surface area contributed by atoms with Crippen LogP contribution in [-0.2, 0) is 9.47 Å². The van der Waals surface area contributed by atoms with Crippen molar-refractivity contribution in [1.29, 1.82) is 0 Å². The molecule has 0 bridgehead atoms. The van der Waals surface area contributed by atoms with Gasteiger partial charge >= 0.3 is 0 Å². The molecule has 16 heavy (non-hydrogen) atoms. The van der Waals surface area contributed by atoms with Crippen LogP contribution in [-0.4, -0.2) is 75.6 Å². The Bertz CT molecular complexity index is 210. The maximum Gasteiger partial charge on any atom is 0.187 e. The first-order chi connectivity index (χ1) is 7.51. The van der Waals surface area contributed by atoms with E-state index in [1.807, 2.05) is 0 Å². The Kier molecular flexibility index (Phi) is 5.06. The molecule has 0 aromatic carbocycles. The summed E-state index contributed by atoms with van der Waals surface area (Å²) in [6.45, 7) is 0.786. The van der Waals surface area contributed by atoms with E-state index in [9.17, 15) is 15.3 Å². The molecule has 1 saturated heterocycles. The summed E-state index contributed by atoms with van der Waals surface area (Å²) < 4.78 is 10.2. The van der Waals surface area contributed by atoms with E-state index in [0.29, 0.717) is 0 Å². The summed E-state index contributed by atoms with van der Waals surface area (Å²) in [6.07, 6.45) is -7.04. The highest BCUT2D eigenvalue weighted by Gasteiger charge is 2.44. The van der Waals surface area contributed by atoms with Crippen LogP contribution in [0.15, 0.2) is 0 Å². The number of rotatable bonds is 4. The number of aliphatic hydroxyl groups is 5. The zero-order chi connectivity index (χ0) is 12.3. The van der Waals surface area contributed by atoms with Crippen molar-refractivity contribution in [3.05, 3.63) is 0 Å². The lowest BCUT2D eigenvalue weighted by Gasteiger charge is -2.40. The van der Waals surface area contributed by atoms with Gasteiger partial charge in [-0.2, -0.15) is 0 Å². The van der Waals surface area contributed by atoms with E-state index in [0.717, 1.165) is 0 Å². The first kappa shape index (κ1) is 13.8. The first-order valence-corrected chi connectivity index (χ1v) is 5.08. The van der Waals surface area contributed by atoms with Crippen LogP contribution in [0.5, 0.6) is 0 Å². The van der Waals surface area contributed by atoms with E-state index >= 15 is 0 Å². The van der Waals surface area contributed by atoms with E-state index in [2.05, 4.69) is 0 Å². The average Bonchev–Trinajstić information content (AvgIpc) is 2.29. The van der Waals surface area contributed by atoms with Gasteiger partial charge in [0.2, 0.25) is 0 Å². The Morgan fingerprint density at radius 1 is 1.12 bits per heavy atom. The Hall–Kier alpha value is -0.280. The molecule has 96 valence electrons. The average molecular weight is 238 g/mol. The van der Waals surface area contributed by atoms with Crippen LogP contribution in [0, 0.1) is 0 Å². The first-order valence-electron chi connectivity index (χ1n) is 5.08. The van der Waals surface area contributed by atoms with Gasteiger partial charge in [-0.15, -0.1) is 0 Å². The zero-order valence-electron chi connectivity index (χ0n) is 8.93. The molecule has 0 aromatic rings. The van der Waals surface area contributed by atoms with Gasteiger partial charge < -0.3 is 35.0 Å². The van der Waals surface area contributed by atoms with Crippen LogP contribution in [0.25, 0.3) is 0 Å². The number of ether oxygens (including phenoxy) is 2. The van der Waals surface area contributed by atoms with Crippen molar-refractivity contribution in [1.82, 2.24) is 0 Å². The molecule has 7 nitrogen and oxygen atoms in total. The van der Waals surface area contributed by atoms with Crippen LogP contribution in [0.2, 0.25) is 0 Å². The Morgan fingerprint density at radius 2 is 1.75 bits per heavy atom. The van der Waals surface area contributed by atoms with E-state index < -0.39 is 43.4 Å². The molecule has 0 radical (unpaired) electrons. The molecule has 1 aliphatic heterocycles. The molecule has 0 aromatic heterocycles. The van der Waals surface area contributed by atoms with E-state index in [-0.39, 0.29) is 6.61 Å². The summed E-state index contributed by atoms with van der Waals surface area (Å²) in [5.74, 6) is 0. The molecule has 0 saturated carbocycles. The Labute approximate surface area is 92.9 Å². The number of aliphatic hydroxyl groups excluding tert-OH is 5. The van der Waals surface area contributed by atoms with E-state index in [4.69, 9.17) is 19.7 Å². The highest BCUT2D eigenvalue weighted by atomic mass is 16.7. The van der Waals surface area contributed by atoms with Gasteiger partial charge in [0.1, 0.15) is 24.4 Å². The molecular weight excluding hydrogens is 220 g/mol. The lowest BCUT2D eigenvalue weighted by molar-refractivity contribution is -0.311. The van der Waals surface area contributed by atoms with Gasteiger partial charge in [0.05, 0.1) is 19.3 Å². The number of hydrogen-bond donors (Lipinski definition) is 5. The summed E-state index contributed by atoms with van der Waals surface area (Å²) in [7, 11) is 0. The lowest BCUT2D eigenvalue weighted by Crippen LogP contribution is -2.59. The van der Waals surface area contributed by atoms with Crippen molar-refractivity contribution in [2.24, 2.45) is 0 Å². The molecule has 5 N–H and O–H groups in total. The normalized spacial score (nSPS) is 42.0.